The Hall–Kier alpha value is -5.49. The van der Waals surface area contributed by atoms with Crippen LogP contribution < -0.4 is 4.74 Å². The number of alkyl halides is 3. The van der Waals surface area contributed by atoms with Gasteiger partial charge in [-0.05, 0) is 65.0 Å². The Morgan fingerprint density at radius 1 is 0.940 bits per heavy atom. The summed E-state index contributed by atoms with van der Waals surface area (Å²) in [5, 5.41) is 16.2. The van der Waals surface area contributed by atoms with Gasteiger partial charge >= 0.3 is 12.1 Å². The van der Waals surface area contributed by atoms with E-state index in [1.54, 1.807) is 12.1 Å². The number of aromatic nitrogens is 2. The van der Waals surface area contributed by atoms with E-state index in [0.29, 0.717) is 13.0 Å². The van der Waals surface area contributed by atoms with Crippen molar-refractivity contribution >= 4 is 28.4 Å². The van der Waals surface area contributed by atoms with Crippen LogP contribution in [0.2, 0.25) is 0 Å². The number of fused-ring (bicyclic) bond motifs is 1. The summed E-state index contributed by atoms with van der Waals surface area (Å²) in [6.45, 7) is 2.00. The van der Waals surface area contributed by atoms with Gasteiger partial charge in [0.25, 0.3) is 5.91 Å². The number of methoxy groups -OCH3 is 1. The number of benzene rings is 4. The first kappa shape index (κ1) is 34.4. The first-order valence-electron chi connectivity index (χ1n) is 16.2. The lowest BCUT2D eigenvalue weighted by molar-refractivity contribution is -0.192. The molecule has 12 heteroatoms. The van der Waals surface area contributed by atoms with Crippen LogP contribution in [0.25, 0.3) is 22.0 Å². The molecule has 7 rings (SSSR count). The molecular weight excluding hydrogens is 647 g/mol. The van der Waals surface area contributed by atoms with E-state index < -0.39 is 12.1 Å². The Balaban J connectivity index is 0.000000561. The molecule has 0 radical (unpaired) electrons. The molecule has 2 N–H and O–H groups in total. The zero-order valence-electron chi connectivity index (χ0n) is 27.3. The van der Waals surface area contributed by atoms with Crippen molar-refractivity contribution in [2.75, 3.05) is 26.7 Å². The molecule has 0 saturated carbocycles. The summed E-state index contributed by atoms with van der Waals surface area (Å²) in [4.78, 5) is 33.4. The number of likely N-dealkylation sites (tertiary alicyclic amines) is 1. The Morgan fingerprint density at radius 2 is 1.64 bits per heavy atom. The fourth-order valence-corrected chi connectivity index (χ4v) is 6.36. The Morgan fingerprint density at radius 3 is 2.34 bits per heavy atom. The standard InChI is InChI=1S/C36H35N5O2.C2HF3O2/c1-43-31-17-15-27(16-18-31)34-21-32(29-14-13-25-8-5-6-11-28(25)20-29)39-41(34)35(42)24-40-19-7-12-30(23-40)36-37-22-33(38-36)26-9-3-2-4-10-26;3-2(4,5)1(6)7/h2-6,8-11,13-18,20,22,30,34H,7,12,19,21,23-24H2,1H3,(H,37,38);(H,6,7). The van der Waals surface area contributed by atoms with Crippen LogP contribution in [0.3, 0.4) is 0 Å². The molecule has 0 bridgehead atoms. The van der Waals surface area contributed by atoms with E-state index in [-0.39, 0.29) is 17.9 Å². The molecule has 0 aliphatic carbocycles. The normalized spacial score (nSPS) is 17.9. The number of H-pyrrole nitrogens is 1. The average molecular weight is 684 g/mol. The molecule has 1 fully saturated rings. The second kappa shape index (κ2) is 15.0. The molecule has 1 saturated heterocycles. The Kier molecular flexibility index (Phi) is 10.3. The van der Waals surface area contributed by atoms with Crippen LogP contribution in [0.1, 0.15) is 48.2 Å². The zero-order chi connectivity index (χ0) is 35.3. The third kappa shape index (κ3) is 8.03. The minimum Gasteiger partial charge on any atom is -0.497 e. The molecule has 2 unspecified atom stereocenters. The molecule has 2 aliphatic heterocycles. The lowest BCUT2D eigenvalue weighted by atomic mass is 9.96. The summed E-state index contributed by atoms with van der Waals surface area (Å²) in [6.07, 6.45) is -0.434. The van der Waals surface area contributed by atoms with Gasteiger partial charge in [0.2, 0.25) is 0 Å². The number of rotatable bonds is 7. The van der Waals surface area contributed by atoms with Gasteiger partial charge in [-0.3, -0.25) is 9.69 Å². The number of aliphatic carboxylic acids is 1. The van der Waals surface area contributed by atoms with Gasteiger partial charge in [0.05, 0.1) is 37.3 Å². The number of carbonyl (C=O) groups excluding carboxylic acids is 1. The maximum absolute atomic E-state index is 14.0. The average Bonchev–Trinajstić information content (AvgIpc) is 3.81. The van der Waals surface area contributed by atoms with Crippen LogP contribution in [-0.4, -0.2) is 75.5 Å². The third-order valence-corrected chi connectivity index (χ3v) is 8.92. The van der Waals surface area contributed by atoms with Crippen LogP contribution in [0.15, 0.2) is 108 Å². The van der Waals surface area contributed by atoms with E-state index in [0.717, 1.165) is 65.6 Å². The summed E-state index contributed by atoms with van der Waals surface area (Å²) >= 11 is 0. The van der Waals surface area contributed by atoms with Crippen molar-refractivity contribution in [2.45, 2.75) is 37.4 Å². The lowest BCUT2D eigenvalue weighted by Gasteiger charge is -2.32. The molecule has 2 atom stereocenters. The van der Waals surface area contributed by atoms with Gasteiger partial charge in [-0.2, -0.15) is 18.3 Å². The number of nitrogens with one attached hydrogen (secondary N) is 1. The highest BCUT2D eigenvalue weighted by molar-refractivity contribution is 6.05. The van der Waals surface area contributed by atoms with Crippen molar-refractivity contribution < 1.29 is 32.6 Å². The minimum absolute atomic E-state index is 0.0154. The van der Waals surface area contributed by atoms with Crippen LogP contribution >= 0.6 is 0 Å². The van der Waals surface area contributed by atoms with Crippen LogP contribution in [0, 0.1) is 0 Å². The highest BCUT2D eigenvalue weighted by Crippen LogP contribution is 2.35. The lowest BCUT2D eigenvalue weighted by Crippen LogP contribution is -2.42. The van der Waals surface area contributed by atoms with Crippen LogP contribution in [-0.2, 0) is 9.59 Å². The van der Waals surface area contributed by atoms with Gasteiger partial charge in [-0.15, -0.1) is 0 Å². The topological polar surface area (TPSA) is 111 Å². The zero-order valence-corrected chi connectivity index (χ0v) is 27.3. The number of halogens is 3. The van der Waals surface area contributed by atoms with Gasteiger partial charge in [-0.25, -0.2) is 14.8 Å². The van der Waals surface area contributed by atoms with E-state index in [9.17, 15) is 18.0 Å². The van der Waals surface area contributed by atoms with Crippen molar-refractivity contribution in [3.8, 4) is 17.0 Å². The molecule has 258 valence electrons. The highest BCUT2D eigenvalue weighted by Gasteiger charge is 2.38. The number of aromatic amines is 1. The van der Waals surface area contributed by atoms with Crippen LogP contribution in [0.4, 0.5) is 13.2 Å². The number of hydrogen-bond acceptors (Lipinski definition) is 6. The molecule has 2 aliphatic rings. The predicted octanol–water partition coefficient (Wildman–Crippen LogP) is 7.43. The smallest absolute Gasteiger partial charge is 0.490 e. The molecule has 1 aromatic heterocycles. The molecule has 5 aromatic rings. The first-order valence-corrected chi connectivity index (χ1v) is 16.2. The SMILES string of the molecule is COc1ccc(C2CC(c3ccc4ccccc4c3)=NN2C(=O)CN2CCCC(c3ncc(-c4ccccc4)[nH]3)C2)cc1.O=C(O)C(F)(F)F. The predicted molar refractivity (Wildman–Crippen MR) is 184 cm³/mol. The monoisotopic (exact) mass is 683 g/mol. The quantitative estimate of drug-likeness (QED) is 0.185. The largest absolute Gasteiger partial charge is 0.497 e. The van der Waals surface area contributed by atoms with Crippen molar-refractivity contribution in [2.24, 2.45) is 5.10 Å². The molecule has 4 aromatic carbocycles. The summed E-state index contributed by atoms with van der Waals surface area (Å²) in [6, 6.07) is 32.8. The van der Waals surface area contributed by atoms with Gasteiger partial charge in [0.15, 0.2) is 0 Å². The molecule has 1 amide bonds. The summed E-state index contributed by atoms with van der Waals surface area (Å²) in [5.41, 5.74) is 5.19. The summed E-state index contributed by atoms with van der Waals surface area (Å²) < 4.78 is 37.1. The maximum atomic E-state index is 14.0. The number of hydrazone groups is 1. The third-order valence-electron chi connectivity index (χ3n) is 8.92. The molecular formula is C38H36F3N5O4. The molecule has 50 heavy (non-hydrogen) atoms. The van der Waals surface area contributed by atoms with Crippen molar-refractivity contribution in [1.82, 2.24) is 19.9 Å². The number of amides is 1. The fourth-order valence-electron chi connectivity index (χ4n) is 6.36. The van der Waals surface area contributed by atoms with E-state index in [4.69, 9.17) is 24.7 Å². The van der Waals surface area contributed by atoms with E-state index in [2.05, 4.69) is 64.5 Å². The number of carbonyl (C=O) groups is 2. The second-order valence-electron chi connectivity index (χ2n) is 12.3. The number of piperidine rings is 1. The number of hydrogen-bond donors (Lipinski definition) is 2. The molecule has 9 nitrogen and oxygen atoms in total. The number of ether oxygens (including phenoxy) is 1. The minimum atomic E-state index is -5.08. The van der Waals surface area contributed by atoms with E-state index in [1.165, 1.54) is 10.8 Å². The van der Waals surface area contributed by atoms with Gasteiger partial charge in [-0.1, -0.05) is 78.9 Å². The maximum Gasteiger partial charge on any atom is 0.490 e. The summed E-state index contributed by atoms with van der Waals surface area (Å²) in [7, 11) is 1.67. The van der Waals surface area contributed by atoms with E-state index in [1.807, 2.05) is 48.7 Å². The van der Waals surface area contributed by atoms with Crippen molar-refractivity contribution in [3.05, 3.63) is 120 Å². The number of carboxylic acids is 1. The molecule has 3 heterocycles. The van der Waals surface area contributed by atoms with Gasteiger partial charge in [0.1, 0.15) is 11.6 Å². The number of imidazole rings is 1. The van der Waals surface area contributed by atoms with E-state index >= 15 is 0 Å². The first-order chi connectivity index (χ1) is 24.1. The Bertz CT molecular complexity index is 1980. The number of nitrogens with zero attached hydrogens (tertiary/aromatic N) is 4. The summed E-state index contributed by atoms with van der Waals surface area (Å²) in [5.74, 6) is -0.700. The van der Waals surface area contributed by atoms with Gasteiger partial charge in [0, 0.05) is 18.9 Å². The molecule has 0 spiro atoms. The second-order valence-corrected chi connectivity index (χ2v) is 12.3. The fraction of sp³-hybridized carbons (Fsp3) is 0.263. The Labute approximate surface area is 287 Å². The highest BCUT2D eigenvalue weighted by atomic mass is 19.4. The van der Waals surface area contributed by atoms with Gasteiger partial charge < -0.3 is 14.8 Å². The number of carboxylic acid groups (broad SMARTS) is 1. The van der Waals surface area contributed by atoms with Crippen molar-refractivity contribution in [3.63, 3.8) is 0 Å². The van der Waals surface area contributed by atoms with Crippen LogP contribution in [0.5, 0.6) is 5.75 Å². The van der Waals surface area contributed by atoms with Crippen molar-refractivity contribution in [1.29, 1.82) is 0 Å².